The van der Waals surface area contributed by atoms with E-state index in [0.717, 1.165) is 37.7 Å². The predicted octanol–water partition coefficient (Wildman–Crippen LogP) is 1.37. The van der Waals surface area contributed by atoms with Crippen molar-refractivity contribution in [3.63, 3.8) is 0 Å². The van der Waals surface area contributed by atoms with Crippen LogP contribution < -0.4 is 14.8 Å². The van der Waals surface area contributed by atoms with Gasteiger partial charge in [-0.05, 0) is 19.1 Å². The lowest BCUT2D eigenvalue weighted by molar-refractivity contribution is 0.142. The normalized spacial score (nSPS) is 20.7. The molecule has 100 valence electrons. The number of piperazine rings is 1. The van der Waals surface area contributed by atoms with Crippen molar-refractivity contribution < 1.29 is 9.47 Å². The number of hydrogen-bond donors (Lipinski definition) is 1. The fraction of sp³-hybridized carbons (Fsp3) is 0.571. The molecule has 1 heterocycles. The molecule has 0 radical (unpaired) electrons. The Kier molecular flexibility index (Phi) is 4.84. The Labute approximate surface area is 109 Å². The Morgan fingerprint density at radius 2 is 2.11 bits per heavy atom. The first-order chi connectivity index (χ1) is 8.81. The highest BCUT2D eigenvalue weighted by Gasteiger charge is 2.17. The number of nitrogens with zero attached hydrogens (tertiary/aromatic N) is 1. The highest BCUT2D eigenvalue weighted by atomic mass is 16.5. The van der Waals surface area contributed by atoms with E-state index in [9.17, 15) is 0 Å². The van der Waals surface area contributed by atoms with E-state index in [1.54, 1.807) is 7.11 Å². The summed E-state index contributed by atoms with van der Waals surface area (Å²) in [5.41, 5.74) is 0. The Balaban J connectivity index is 1.80. The molecule has 1 fully saturated rings. The van der Waals surface area contributed by atoms with Gasteiger partial charge in [0.05, 0.1) is 7.11 Å². The molecule has 1 aliphatic rings. The summed E-state index contributed by atoms with van der Waals surface area (Å²) in [5.74, 6) is 1.62. The van der Waals surface area contributed by atoms with E-state index in [4.69, 9.17) is 9.47 Å². The molecule has 1 aromatic rings. The van der Waals surface area contributed by atoms with Gasteiger partial charge in [-0.3, -0.25) is 4.90 Å². The molecule has 4 heteroatoms. The highest BCUT2D eigenvalue weighted by Crippen LogP contribution is 2.25. The van der Waals surface area contributed by atoms with Crippen LogP contribution >= 0.6 is 0 Å². The van der Waals surface area contributed by atoms with Gasteiger partial charge in [0.25, 0.3) is 0 Å². The van der Waals surface area contributed by atoms with Gasteiger partial charge in [0.2, 0.25) is 0 Å². The Morgan fingerprint density at radius 3 is 2.83 bits per heavy atom. The van der Waals surface area contributed by atoms with Crippen LogP contribution in [0.15, 0.2) is 24.3 Å². The highest BCUT2D eigenvalue weighted by molar-refractivity contribution is 5.39. The average molecular weight is 250 g/mol. The number of para-hydroxylation sites is 2. The number of rotatable bonds is 5. The van der Waals surface area contributed by atoms with Crippen molar-refractivity contribution in [3.05, 3.63) is 24.3 Å². The number of hydrogen-bond acceptors (Lipinski definition) is 4. The summed E-state index contributed by atoms with van der Waals surface area (Å²) >= 11 is 0. The molecule has 0 saturated carbocycles. The van der Waals surface area contributed by atoms with Gasteiger partial charge in [0, 0.05) is 32.2 Å². The molecule has 2 rings (SSSR count). The van der Waals surface area contributed by atoms with Crippen molar-refractivity contribution in [1.29, 1.82) is 0 Å². The van der Waals surface area contributed by atoms with Crippen LogP contribution in [-0.2, 0) is 0 Å². The van der Waals surface area contributed by atoms with Crippen LogP contribution in [0.5, 0.6) is 11.5 Å². The van der Waals surface area contributed by atoms with E-state index in [1.807, 2.05) is 24.3 Å². The first kappa shape index (κ1) is 13.2. The van der Waals surface area contributed by atoms with Gasteiger partial charge in [0.15, 0.2) is 11.5 Å². The van der Waals surface area contributed by atoms with Crippen LogP contribution in [0, 0.1) is 0 Å². The molecule has 0 aromatic heterocycles. The summed E-state index contributed by atoms with van der Waals surface area (Å²) in [5, 5.41) is 3.39. The van der Waals surface area contributed by atoms with Crippen LogP contribution in [0.25, 0.3) is 0 Å². The second-order valence-electron chi connectivity index (χ2n) is 4.59. The van der Waals surface area contributed by atoms with E-state index < -0.39 is 0 Å². The number of methoxy groups -OCH3 is 1. The smallest absolute Gasteiger partial charge is 0.161 e. The van der Waals surface area contributed by atoms with Crippen molar-refractivity contribution in [3.8, 4) is 11.5 Å². The zero-order chi connectivity index (χ0) is 12.8. The van der Waals surface area contributed by atoms with Crippen LogP contribution in [0.3, 0.4) is 0 Å². The third-order valence-electron chi connectivity index (χ3n) is 3.34. The maximum Gasteiger partial charge on any atom is 0.161 e. The second-order valence-corrected chi connectivity index (χ2v) is 4.59. The molecule has 1 N–H and O–H groups in total. The van der Waals surface area contributed by atoms with Crippen LogP contribution in [0.1, 0.15) is 6.92 Å². The Morgan fingerprint density at radius 1 is 1.33 bits per heavy atom. The van der Waals surface area contributed by atoms with Crippen molar-refractivity contribution >= 4 is 0 Å². The zero-order valence-electron chi connectivity index (χ0n) is 11.2. The lowest BCUT2D eigenvalue weighted by Gasteiger charge is -2.33. The molecule has 0 amide bonds. The van der Waals surface area contributed by atoms with E-state index in [-0.39, 0.29) is 0 Å². The van der Waals surface area contributed by atoms with Crippen LogP contribution in [0.4, 0.5) is 0 Å². The number of ether oxygens (including phenoxy) is 2. The SMILES string of the molecule is COc1ccccc1OCCN1CCNC[C@@H]1C. The van der Waals surface area contributed by atoms with E-state index in [2.05, 4.69) is 17.1 Å². The zero-order valence-corrected chi connectivity index (χ0v) is 11.2. The summed E-state index contributed by atoms with van der Waals surface area (Å²) in [7, 11) is 1.67. The second kappa shape index (κ2) is 6.61. The van der Waals surface area contributed by atoms with E-state index in [1.165, 1.54) is 0 Å². The molecule has 0 aliphatic carbocycles. The van der Waals surface area contributed by atoms with E-state index in [0.29, 0.717) is 12.6 Å². The quantitative estimate of drug-likeness (QED) is 0.856. The molecular formula is C14H22N2O2. The Hall–Kier alpha value is -1.26. The van der Waals surface area contributed by atoms with Crippen LogP contribution in [-0.4, -0.2) is 50.8 Å². The maximum atomic E-state index is 5.79. The topological polar surface area (TPSA) is 33.7 Å². The summed E-state index contributed by atoms with van der Waals surface area (Å²) in [4.78, 5) is 2.45. The van der Waals surface area contributed by atoms with Gasteiger partial charge in [-0.2, -0.15) is 0 Å². The summed E-state index contributed by atoms with van der Waals surface area (Å²) in [6.07, 6.45) is 0. The molecule has 18 heavy (non-hydrogen) atoms. The fourth-order valence-corrected chi connectivity index (χ4v) is 2.23. The minimum Gasteiger partial charge on any atom is -0.493 e. The standard InChI is InChI=1S/C14H22N2O2/c1-12-11-15-7-8-16(12)9-10-18-14-6-4-3-5-13(14)17-2/h3-6,12,15H,7-11H2,1-2H3/t12-/m0/s1. The van der Waals surface area contributed by atoms with Crippen LogP contribution in [0.2, 0.25) is 0 Å². The van der Waals surface area contributed by atoms with Gasteiger partial charge < -0.3 is 14.8 Å². The largest absolute Gasteiger partial charge is 0.493 e. The first-order valence-corrected chi connectivity index (χ1v) is 6.52. The van der Waals surface area contributed by atoms with Gasteiger partial charge >= 0.3 is 0 Å². The maximum absolute atomic E-state index is 5.79. The molecule has 0 spiro atoms. The molecular weight excluding hydrogens is 228 g/mol. The van der Waals surface area contributed by atoms with Gasteiger partial charge in [-0.25, -0.2) is 0 Å². The molecule has 1 aliphatic heterocycles. The van der Waals surface area contributed by atoms with Crippen molar-refractivity contribution in [2.24, 2.45) is 0 Å². The monoisotopic (exact) mass is 250 g/mol. The lowest BCUT2D eigenvalue weighted by Crippen LogP contribution is -2.50. The molecule has 0 unspecified atom stereocenters. The van der Waals surface area contributed by atoms with Gasteiger partial charge in [-0.1, -0.05) is 12.1 Å². The predicted molar refractivity (Wildman–Crippen MR) is 72.4 cm³/mol. The third-order valence-corrected chi connectivity index (χ3v) is 3.34. The summed E-state index contributed by atoms with van der Waals surface area (Å²) in [6.45, 7) is 7.13. The van der Waals surface area contributed by atoms with Crippen molar-refractivity contribution in [1.82, 2.24) is 10.2 Å². The minimum atomic E-state index is 0.583. The fourth-order valence-electron chi connectivity index (χ4n) is 2.23. The molecule has 1 aromatic carbocycles. The van der Waals surface area contributed by atoms with Crippen molar-refractivity contribution in [2.75, 3.05) is 39.9 Å². The molecule has 4 nitrogen and oxygen atoms in total. The summed E-state index contributed by atoms with van der Waals surface area (Å²) in [6, 6.07) is 8.36. The molecule has 1 atom stereocenters. The third kappa shape index (κ3) is 3.37. The van der Waals surface area contributed by atoms with E-state index >= 15 is 0 Å². The van der Waals surface area contributed by atoms with Crippen molar-refractivity contribution in [2.45, 2.75) is 13.0 Å². The lowest BCUT2D eigenvalue weighted by atomic mass is 10.2. The summed E-state index contributed by atoms with van der Waals surface area (Å²) < 4.78 is 11.1. The van der Waals surface area contributed by atoms with Gasteiger partial charge in [0.1, 0.15) is 6.61 Å². The first-order valence-electron chi connectivity index (χ1n) is 6.52. The molecule has 1 saturated heterocycles. The Bertz CT molecular complexity index is 371. The number of nitrogens with one attached hydrogen (secondary N) is 1. The number of benzene rings is 1. The van der Waals surface area contributed by atoms with Gasteiger partial charge in [-0.15, -0.1) is 0 Å². The average Bonchev–Trinajstić information content (AvgIpc) is 2.41. The molecule has 0 bridgehead atoms. The minimum absolute atomic E-state index is 0.583.